The number of carbonyl (C=O) groups is 1. The van der Waals surface area contributed by atoms with E-state index in [9.17, 15) is 9.59 Å². The number of pyridine rings is 1. The van der Waals surface area contributed by atoms with E-state index in [1.165, 1.54) is 10.6 Å². The van der Waals surface area contributed by atoms with E-state index in [4.69, 9.17) is 5.11 Å². The third-order valence-electron chi connectivity index (χ3n) is 2.61. The molecular weight excluding hydrogens is 300 g/mol. The molecule has 0 aliphatic rings. The Bertz CT molecular complexity index is 471. The van der Waals surface area contributed by atoms with Crippen molar-refractivity contribution in [3.63, 3.8) is 0 Å². The van der Waals surface area contributed by atoms with Crippen molar-refractivity contribution in [2.75, 3.05) is 6.61 Å². The third kappa shape index (κ3) is 4.27. The molecule has 1 rings (SSSR count). The Balaban J connectivity index is 2.70. The first kappa shape index (κ1) is 14.9. The SMILES string of the molecule is CC(C)C(CO)NC(=O)Cn1cc(Br)ccc1=O. The van der Waals surface area contributed by atoms with Gasteiger partial charge >= 0.3 is 0 Å². The highest BCUT2D eigenvalue weighted by molar-refractivity contribution is 9.10. The van der Waals surface area contributed by atoms with Gasteiger partial charge in [-0.2, -0.15) is 0 Å². The van der Waals surface area contributed by atoms with Crippen molar-refractivity contribution in [1.82, 2.24) is 9.88 Å². The molecular formula is C12H17BrN2O3. The van der Waals surface area contributed by atoms with Gasteiger partial charge in [0.05, 0.1) is 12.6 Å². The van der Waals surface area contributed by atoms with Crippen molar-refractivity contribution in [1.29, 1.82) is 0 Å². The van der Waals surface area contributed by atoms with Gasteiger partial charge in [0.2, 0.25) is 5.91 Å². The highest BCUT2D eigenvalue weighted by Gasteiger charge is 2.15. The largest absolute Gasteiger partial charge is 0.394 e. The van der Waals surface area contributed by atoms with Crippen LogP contribution in [0, 0.1) is 5.92 Å². The summed E-state index contributed by atoms with van der Waals surface area (Å²) in [5.74, 6) is -0.152. The molecule has 100 valence electrons. The zero-order chi connectivity index (χ0) is 13.7. The molecule has 0 saturated carbocycles. The molecule has 0 radical (unpaired) electrons. The molecule has 0 aliphatic carbocycles. The average Bonchev–Trinajstić information content (AvgIpc) is 2.30. The van der Waals surface area contributed by atoms with E-state index in [2.05, 4.69) is 21.2 Å². The van der Waals surface area contributed by atoms with Crippen LogP contribution in [0.3, 0.4) is 0 Å². The predicted molar refractivity (Wildman–Crippen MR) is 72.3 cm³/mol. The zero-order valence-electron chi connectivity index (χ0n) is 10.4. The van der Waals surface area contributed by atoms with Crippen LogP contribution >= 0.6 is 15.9 Å². The summed E-state index contributed by atoms with van der Waals surface area (Å²) in [6.45, 7) is 3.65. The summed E-state index contributed by atoms with van der Waals surface area (Å²) in [4.78, 5) is 23.3. The number of nitrogens with one attached hydrogen (secondary N) is 1. The number of aliphatic hydroxyl groups is 1. The summed E-state index contributed by atoms with van der Waals surface area (Å²) in [6, 6.07) is 2.73. The molecule has 1 atom stereocenters. The van der Waals surface area contributed by atoms with Gasteiger partial charge < -0.3 is 15.0 Å². The van der Waals surface area contributed by atoms with Crippen LogP contribution < -0.4 is 10.9 Å². The fourth-order valence-corrected chi connectivity index (χ4v) is 1.84. The highest BCUT2D eigenvalue weighted by Crippen LogP contribution is 2.05. The molecule has 1 aromatic rings. The summed E-state index contributed by atoms with van der Waals surface area (Å²) in [5, 5.41) is 11.8. The van der Waals surface area contributed by atoms with Gasteiger partial charge in [0.1, 0.15) is 6.54 Å². The molecule has 1 heterocycles. The Morgan fingerprint density at radius 1 is 1.50 bits per heavy atom. The van der Waals surface area contributed by atoms with Crippen molar-refractivity contribution in [2.45, 2.75) is 26.4 Å². The second-order valence-electron chi connectivity index (χ2n) is 4.41. The van der Waals surface area contributed by atoms with Crippen LogP contribution in [0.2, 0.25) is 0 Å². The van der Waals surface area contributed by atoms with Crippen molar-refractivity contribution in [2.24, 2.45) is 5.92 Å². The molecule has 0 bridgehead atoms. The van der Waals surface area contributed by atoms with Crippen LogP contribution in [-0.4, -0.2) is 28.2 Å². The molecule has 2 N–H and O–H groups in total. The lowest BCUT2D eigenvalue weighted by atomic mass is 10.1. The van der Waals surface area contributed by atoms with Crippen molar-refractivity contribution in [3.05, 3.63) is 33.2 Å². The average molecular weight is 317 g/mol. The molecule has 0 spiro atoms. The van der Waals surface area contributed by atoms with Gasteiger partial charge in [-0.25, -0.2) is 0 Å². The van der Waals surface area contributed by atoms with E-state index in [0.29, 0.717) is 0 Å². The minimum absolute atomic E-state index is 0.0541. The van der Waals surface area contributed by atoms with E-state index >= 15 is 0 Å². The summed E-state index contributed by atoms with van der Waals surface area (Å²) in [6.07, 6.45) is 1.56. The van der Waals surface area contributed by atoms with E-state index in [-0.39, 0.29) is 36.6 Å². The van der Waals surface area contributed by atoms with Gasteiger partial charge in [0.25, 0.3) is 5.56 Å². The van der Waals surface area contributed by atoms with Crippen LogP contribution in [0.25, 0.3) is 0 Å². The molecule has 0 aliphatic heterocycles. The maximum Gasteiger partial charge on any atom is 0.251 e. The summed E-state index contributed by atoms with van der Waals surface area (Å²) in [5.41, 5.74) is -0.238. The summed E-state index contributed by atoms with van der Waals surface area (Å²) >= 11 is 3.24. The normalized spacial score (nSPS) is 12.5. The first-order valence-electron chi connectivity index (χ1n) is 5.70. The van der Waals surface area contributed by atoms with Crippen LogP contribution in [0.4, 0.5) is 0 Å². The van der Waals surface area contributed by atoms with Crippen molar-refractivity contribution in [3.8, 4) is 0 Å². The van der Waals surface area contributed by atoms with Gasteiger partial charge in [-0.3, -0.25) is 9.59 Å². The third-order valence-corrected chi connectivity index (χ3v) is 3.08. The molecule has 0 fully saturated rings. The number of carbonyl (C=O) groups excluding carboxylic acids is 1. The topological polar surface area (TPSA) is 71.3 Å². The quantitative estimate of drug-likeness (QED) is 0.842. The zero-order valence-corrected chi connectivity index (χ0v) is 12.0. The lowest BCUT2D eigenvalue weighted by molar-refractivity contribution is -0.123. The second kappa shape index (κ2) is 6.70. The predicted octanol–water partition coefficient (Wildman–Crippen LogP) is 0.744. The number of hydrogen-bond donors (Lipinski definition) is 2. The number of rotatable bonds is 5. The van der Waals surface area contributed by atoms with Crippen LogP contribution in [0.5, 0.6) is 0 Å². The van der Waals surface area contributed by atoms with Gasteiger partial charge in [0, 0.05) is 16.7 Å². The Labute approximate surface area is 114 Å². The minimum atomic E-state index is -0.291. The maximum absolute atomic E-state index is 11.8. The molecule has 6 heteroatoms. The maximum atomic E-state index is 11.8. The Hall–Kier alpha value is -1.14. The first-order chi connectivity index (χ1) is 8.43. The van der Waals surface area contributed by atoms with Crippen LogP contribution in [0.1, 0.15) is 13.8 Å². The van der Waals surface area contributed by atoms with Gasteiger partial charge in [0.15, 0.2) is 0 Å². The van der Waals surface area contributed by atoms with Gasteiger partial charge in [-0.1, -0.05) is 13.8 Å². The van der Waals surface area contributed by atoms with Gasteiger partial charge in [-0.05, 0) is 27.9 Å². The summed E-state index contributed by atoms with van der Waals surface area (Å²) < 4.78 is 2.05. The fourth-order valence-electron chi connectivity index (χ4n) is 1.46. The van der Waals surface area contributed by atoms with E-state index in [1.807, 2.05) is 13.8 Å². The van der Waals surface area contributed by atoms with Crippen molar-refractivity contribution >= 4 is 21.8 Å². The first-order valence-corrected chi connectivity index (χ1v) is 6.49. The number of aliphatic hydroxyl groups excluding tert-OH is 1. The van der Waals surface area contributed by atoms with Crippen LogP contribution in [0.15, 0.2) is 27.6 Å². The lowest BCUT2D eigenvalue weighted by Crippen LogP contribution is -2.43. The van der Waals surface area contributed by atoms with E-state index in [1.54, 1.807) is 12.3 Å². The molecule has 1 aromatic heterocycles. The Morgan fingerprint density at radius 2 is 2.17 bits per heavy atom. The monoisotopic (exact) mass is 316 g/mol. The molecule has 0 saturated heterocycles. The number of nitrogens with zero attached hydrogens (tertiary/aromatic N) is 1. The van der Waals surface area contributed by atoms with Crippen molar-refractivity contribution < 1.29 is 9.90 Å². The number of amides is 1. The smallest absolute Gasteiger partial charge is 0.251 e. The van der Waals surface area contributed by atoms with E-state index in [0.717, 1.165) is 4.47 Å². The highest BCUT2D eigenvalue weighted by atomic mass is 79.9. The molecule has 5 nitrogen and oxygen atoms in total. The molecule has 18 heavy (non-hydrogen) atoms. The fraction of sp³-hybridized carbons (Fsp3) is 0.500. The standard InChI is InChI=1S/C12H17BrN2O3/c1-8(2)10(7-16)14-11(17)6-15-5-9(13)3-4-12(15)18/h3-5,8,10,16H,6-7H2,1-2H3,(H,14,17). The molecule has 1 unspecified atom stereocenters. The Morgan fingerprint density at radius 3 is 2.72 bits per heavy atom. The van der Waals surface area contributed by atoms with Crippen LogP contribution in [-0.2, 0) is 11.3 Å². The molecule has 1 amide bonds. The lowest BCUT2D eigenvalue weighted by Gasteiger charge is -2.20. The molecule has 0 aromatic carbocycles. The summed E-state index contributed by atoms with van der Waals surface area (Å²) in [7, 11) is 0. The van der Waals surface area contributed by atoms with Gasteiger partial charge in [-0.15, -0.1) is 0 Å². The number of aromatic nitrogens is 1. The minimum Gasteiger partial charge on any atom is -0.394 e. The van der Waals surface area contributed by atoms with E-state index < -0.39 is 0 Å². The number of halogens is 1. The number of hydrogen-bond acceptors (Lipinski definition) is 3. The Kier molecular flexibility index (Phi) is 5.55. The second-order valence-corrected chi connectivity index (χ2v) is 5.33.